The lowest BCUT2D eigenvalue weighted by Crippen LogP contribution is -2.08. The minimum absolute atomic E-state index is 0.0432. The van der Waals surface area contributed by atoms with Crippen molar-refractivity contribution in [3.05, 3.63) is 70.0 Å². The lowest BCUT2D eigenvalue weighted by atomic mass is 10.1. The molecule has 0 aliphatic rings. The number of nitrogens with zero attached hydrogens (tertiary/aromatic N) is 1. The molecule has 0 aliphatic carbocycles. The van der Waals surface area contributed by atoms with Gasteiger partial charge in [0.15, 0.2) is 5.75 Å². The molecule has 1 aromatic heterocycles. The molecule has 0 atom stereocenters. The number of hydrogen-bond acceptors (Lipinski definition) is 6. The quantitative estimate of drug-likeness (QED) is 0.381. The van der Waals surface area contributed by atoms with Gasteiger partial charge >= 0.3 is 11.7 Å². The van der Waals surface area contributed by atoms with Gasteiger partial charge in [-0.1, -0.05) is 30.3 Å². The van der Waals surface area contributed by atoms with Gasteiger partial charge in [-0.25, -0.2) is 4.79 Å². The highest BCUT2D eigenvalue weighted by atomic mass is 16.6. The van der Waals surface area contributed by atoms with Crippen molar-refractivity contribution in [1.29, 1.82) is 0 Å². The second-order valence-electron chi connectivity index (χ2n) is 5.14. The van der Waals surface area contributed by atoms with Crippen molar-refractivity contribution in [2.45, 2.75) is 13.5 Å². The maximum atomic E-state index is 12.1. The Bertz CT molecular complexity index is 930. The third-order valence-corrected chi connectivity index (χ3v) is 3.59. The van der Waals surface area contributed by atoms with Gasteiger partial charge in [-0.15, -0.1) is 0 Å². The fourth-order valence-corrected chi connectivity index (χ4v) is 2.48. The van der Waals surface area contributed by atoms with Gasteiger partial charge in [0.1, 0.15) is 12.2 Å². The van der Waals surface area contributed by atoms with Crippen LogP contribution in [0.4, 0.5) is 5.69 Å². The van der Waals surface area contributed by atoms with Gasteiger partial charge in [0.05, 0.1) is 17.1 Å². The van der Waals surface area contributed by atoms with Gasteiger partial charge in [0.25, 0.3) is 0 Å². The lowest BCUT2D eigenvalue weighted by molar-refractivity contribution is -0.385. The van der Waals surface area contributed by atoms with Crippen molar-refractivity contribution in [2.75, 3.05) is 6.61 Å². The van der Waals surface area contributed by atoms with E-state index in [9.17, 15) is 14.9 Å². The molecule has 0 unspecified atom stereocenters. The van der Waals surface area contributed by atoms with Crippen LogP contribution in [-0.4, -0.2) is 17.5 Å². The average molecular weight is 341 g/mol. The summed E-state index contributed by atoms with van der Waals surface area (Å²) in [5.74, 6) is -0.436. The summed E-state index contributed by atoms with van der Waals surface area (Å²) in [4.78, 5) is 22.7. The van der Waals surface area contributed by atoms with Crippen molar-refractivity contribution in [2.24, 2.45) is 0 Å². The van der Waals surface area contributed by atoms with E-state index in [0.29, 0.717) is 16.5 Å². The second-order valence-corrected chi connectivity index (χ2v) is 5.14. The molecule has 7 heteroatoms. The highest BCUT2D eigenvalue weighted by molar-refractivity contribution is 5.96. The largest absolute Gasteiger partial charge is 0.482 e. The minimum Gasteiger partial charge on any atom is -0.482 e. The molecule has 3 aromatic rings. The van der Waals surface area contributed by atoms with Gasteiger partial charge in [0.2, 0.25) is 5.76 Å². The molecule has 0 spiro atoms. The zero-order valence-electron chi connectivity index (χ0n) is 13.4. The molecule has 0 bridgehead atoms. The monoisotopic (exact) mass is 341 g/mol. The van der Waals surface area contributed by atoms with Crippen molar-refractivity contribution < 1.29 is 23.6 Å². The maximum Gasteiger partial charge on any atom is 0.374 e. The Balaban J connectivity index is 1.97. The van der Waals surface area contributed by atoms with Crippen LogP contribution < -0.4 is 4.74 Å². The van der Waals surface area contributed by atoms with E-state index in [2.05, 4.69) is 0 Å². The summed E-state index contributed by atoms with van der Waals surface area (Å²) in [6.07, 6.45) is 0. The van der Waals surface area contributed by atoms with E-state index in [1.165, 1.54) is 12.1 Å². The molecule has 0 saturated carbocycles. The fraction of sp³-hybridized carbons (Fsp3) is 0.167. The Morgan fingerprint density at radius 1 is 1.16 bits per heavy atom. The molecule has 1 heterocycles. The molecule has 0 aliphatic heterocycles. The molecule has 0 radical (unpaired) electrons. The van der Waals surface area contributed by atoms with E-state index >= 15 is 0 Å². The summed E-state index contributed by atoms with van der Waals surface area (Å²) >= 11 is 0. The topological polar surface area (TPSA) is 91.8 Å². The summed E-state index contributed by atoms with van der Waals surface area (Å²) < 4.78 is 16.2. The average Bonchev–Trinajstić information content (AvgIpc) is 2.99. The number of benzene rings is 2. The molecular weight excluding hydrogens is 326 g/mol. The Kier molecular flexibility index (Phi) is 4.65. The normalized spacial score (nSPS) is 10.6. The molecule has 0 fully saturated rings. The number of esters is 1. The standard InChI is InChI=1S/C18H15NO6/c1-2-23-18(20)17-13(12-7-3-5-9-15(12)25-17)11-24-16-10-6-4-8-14(16)19(21)22/h3-10H,2,11H2,1H3. The van der Waals surface area contributed by atoms with E-state index in [-0.39, 0.29) is 30.4 Å². The van der Waals surface area contributed by atoms with Gasteiger partial charge in [-0.3, -0.25) is 10.1 Å². The predicted octanol–water partition coefficient (Wildman–Crippen LogP) is 4.10. The molecule has 0 amide bonds. The number of nitro benzene ring substituents is 1. The molecule has 0 saturated heterocycles. The molecule has 3 rings (SSSR count). The Morgan fingerprint density at radius 3 is 2.64 bits per heavy atom. The summed E-state index contributed by atoms with van der Waals surface area (Å²) in [7, 11) is 0. The van der Waals surface area contributed by atoms with Crippen LogP contribution in [0.5, 0.6) is 5.75 Å². The number of para-hydroxylation sites is 3. The number of furan rings is 1. The number of fused-ring (bicyclic) bond motifs is 1. The molecule has 128 valence electrons. The number of nitro groups is 1. The highest BCUT2D eigenvalue weighted by Gasteiger charge is 2.23. The zero-order chi connectivity index (χ0) is 17.8. The van der Waals surface area contributed by atoms with E-state index in [4.69, 9.17) is 13.9 Å². The van der Waals surface area contributed by atoms with E-state index in [0.717, 1.165) is 0 Å². The van der Waals surface area contributed by atoms with Crippen LogP contribution >= 0.6 is 0 Å². The van der Waals surface area contributed by atoms with Crippen LogP contribution in [0.3, 0.4) is 0 Å². The minimum atomic E-state index is -0.597. The third-order valence-electron chi connectivity index (χ3n) is 3.59. The fourth-order valence-electron chi connectivity index (χ4n) is 2.48. The zero-order valence-corrected chi connectivity index (χ0v) is 13.4. The number of carbonyl (C=O) groups is 1. The summed E-state index contributed by atoms with van der Waals surface area (Å²) in [6.45, 7) is 1.85. The molecule has 25 heavy (non-hydrogen) atoms. The van der Waals surface area contributed by atoms with E-state index in [1.54, 1.807) is 43.3 Å². The van der Waals surface area contributed by atoms with Crippen LogP contribution in [0.1, 0.15) is 23.0 Å². The number of hydrogen-bond donors (Lipinski definition) is 0. The van der Waals surface area contributed by atoms with Crippen molar-refractivity contribution in [1.82, 2.24) is 0 Å². The number of carbonyl (C=O) groups excluding carboxylic acids is 1. The molecule has 7 nitrogen and oxygen atoms in total. The maximum absolute atomic E-state index is 12.1. The van der Waals surface area contributed by atoms with Gasteiger partial charge < -0.3 is 13.9 Å². The first-order chi connectivity index (χ1) is 12.1. The van der Waals surface area contributed by atoms with Crippen LogP contribution in [-0.2, 0) is 11.3 Å². The van der Waals surface area contributed by atoms with Crippen molar-refractivity contribution in [3.63, 3.8) is 0 Å². The first kappa shape index (κ1) is 16.5. The highest BCUT2D eigenvalue weighted by Crippen LogP contribution is 2.31. The molecule has 0 N–H and O–H groups in total. The van der Waals surface area contributed by atoms with Crippen molar-refractivity contribution in [3.8, 4) is 5.75 Å². The third kappa shape index (κ3) is 3.30. The summed E-state index contributed by atoms with van der Waals surface area (Å²) in [5.41, 5.74) is 0.868. The first-order valence-electron chi connectivity index (χ1n) is 7.65. The Morgan fingerprint density at radius 2 is 1.88 bits per heavy atom. The van der Waals surface area contributed by atoms with Gasteiger partial charge in [0, 0.05) is 11.5 Å². The SMILES string of the molecule is CCOC(=O)c1oc2ccccc2c1COc1ccccc1[N+](=O)[O-]. The number of ether oxygens (including phenoxy) is 2. The molecular formula is C18H15NO6. The lowest BCUT2D eigenvalue weighted by Gasteiger charge is -2.07. The number of rotatable bonds is 6. The van der Waals surface area contributed by atoms with Gasteiger partial charge in [-0.05, 0) is 19.1 Å². The second kappa shape index (κ2) is 7.04. The first-order valence-corrected chi connectivity index (χ1v) is 7.65. The van der Waals surface area contributed by atoms with Crippen LogP contribution in [0.25, 0.3) is 11.0 Å². The van der Waals surface area contributed by atoms with E-state index in [1.807, 2.05) is 0 Å². The van der Waals surface area contributed by atoms with E-state index < -0.39 is 10.9 Å². The smallest absolute Gasteiger partial charge is 0.374 e. The van der Waals surface area contributed by atoms with Crippen LogP contribution in [0.2, 0.25) is 0 Å². The Labute approximate surface area is 142 Å². The summed E-state index contributed by atoms with van der Waals surface area (Å²) in [5, 5.41) is 11.8. The van der Waals surface area contributed by atoms with Crippen LogP contribution in [0, 0.1) is 10.1 Å². The van der Waals surface area contributed by atoms with Crippen molar-refractivity contribution >= 4 is 22.6 Å². The van der Waals surface area contributed by atoms with Crippen LogP contribution in [0.15, 0.2) is 52.9 Å². The Hall–Kier alpha value is -3.35. The van der Waals surface area contributed by atoms with Gasteiger partial charge in [-0.2, -0.15) is 0 Å². The predicted molar refractivity (Wildman–Crippen MR) is 89.6 cm³/mol. The summed E-state index contributed by atoms with van der Waals surface area (Å²) in [6, 6.07) is 13.2. The molecule has 2 aromatic carbocycles.